The van der Waals surface area contributed by atoms with E-state index in [1.165, 1.54) is 0 Å². The molecule has 0 bridgehead atoms. The normalized spacial score (nSPS) is 13.1. The van der Waals surface area contributed by atoms with Gasteiger partial charge in [-0.1, -0.05) is 31.9 Å². The largest absolute Gasteiger partial charge is 0.372 e. The first-order chi connectivity index (χ1) is 9.22. The Labute approximate surface area is 118 Å². The molecule has 5 heteroatoms. The molecule has 104 valence electrons. The van der Waals surface area contributed by atoms with Gasteiger partial charge in [-0.05, 0) is 19.8 Å². The fourth-order valence-corrected chi connectivity index (χ4v) is 2.56. The summed E-state index contributed by atoms with van der Waals surface area (Å²) < 4.78 is 7.91. The van der Waals surface area contributed by atoms with Gasteiger partial charge in [0, 0.05) is 19.0 Å². The summed E-state index contributed by atoms with van der Waals surface area (Å²) in [6.07, 6.45) is 6.59. The van der Waals surface area contributed by atoms with Crippen LogP contribution >= 0.6 is 11.6 Å². The fraction of sp³-hybridized carbons (Fsp3) is 0.571. The van der Waals surface area contributed by atoms with Crippen LogP contribution in [-0.2, 0) is 11.2 Å². The van der Waals surface area contributed by atoms with Crippen LogP contribution in [0, 0.1) is 0 Å². The molecule has 0 N–H and O–H groups in total. The van der Waals surface area contributed by atoms with Gasteiger partial charge >= 0.3 is 0 Å². The zero-order chi connectivity index (χ0) is 13.8. The zero-order valence-corrected chi connectivity index (χ0v) is 12.4. The highest BCUT2D eigenvalue weighted by Gasteiger charge is 2.21. The molecule has 2 aromatic rings. The maximum Gasteiger partial charge on any atom is 0.175 e. The first-order valence-corrected chi connectivity index (χ1v) is 7.23. The Morgan fingerprint density at radius 2 is 2.16 bits per heavy atom. The summed E-state index contributed by atoms with van der Waals surface area (Å²) in [6, 6.07) is 0. The van der Waals surface area contributed by atoms with E-state index in [2.05, 4.69) is 23.8 Å². The molecule has 1 unspecified atom stereocenters. The number of rotatable bonds is 6. The molecule has 0 saturated heterocycles. The second-order valence-electron chi connectivity index (χ2n) is 4.44. The minimum Gasteiger partial charge on any atom is -0.372 e. The second kappa shape index (κ2) is 6.35. The lowest BCUT2D eigenvalue weighted by molar-refractivity contribution is 0.0514. The smallest absolute Gasteiger partial charge is 0.175 e. The van der Waals surface area contributed by atoms with E-state index in [1.807, 2.05) is 17.5 Å². The number of aryl methyl sites for hydroxylation is 1. The number of halogens is 1. The molecule has 2 aromatic heterocycles. The van der Waals surface area contributed by atoms with Crippen LogP contribution in [0.1, 0.15) is 51.1 Å². The lowest BCUT2D eigenvalue weighted by Gasteiger charge is -2.17. The summed E-state index contributed by atoms with van der Waals surface area (Å²) in [5, 5.41) is 0.440. The second-order valence-corrected chi connectivity index (χ2v) is 4.80. The number of ether oxygens (including phenoxy) is 1. The molecule has 0 radical (unpaired) electrons. The summed E-state index contributed by atoms with van der Waals surface area (Å²) in [5.74, 6) is 0. The quantitative estimate of drug-likeness (QED) is 0.808. The van der Waals surface area contributed by atoms with Crippen molar-refractivity contribution in [1.29, 1.82) is 0 Å². The highest BCUT2D eigenvalue weighted by atomic mass is 35.5. The number of aromatic nitrogens is 3. The van der Waals surface area contributed by atoms with E-state index in [4.69, 9.17) is 16.3 Å². The SMILES string of the molecule is CCCC(OCC)c1c(CC)nc2c(Cl)nccn12. The number of nitrogens with zero attached hydrogens (tertiary/aromatic N) is 3. The first kappa shape index (κ1) is 14.3. The van der Waals surface area contributed by atoms with E-state index in [0.29, 0.717) is 11.8 Å². The van der Waals surface area contributed by atoms with Gasteiger partial charge in [-0.3, -0.25) is 4.40 Å². The molecule has 0 saturated carbocycles. The highest BCUT2D eigenvalue weighted by Crippen LogP contribution is 2.29. The van der Waals surface area contributed by atoms with Crippen LogP contribution in [0.15, 0.2) is 12.4 Å². The standard InChI is InChI=1S/C14H20ClN3O/c1-4-7-11(19-6-3)12-10(5-2)17-14-13(15)16-8-9-18(12)14/h8-9,11H,4-7H2,1-3H3. The molecule has 4 nitrogen and oxygen atoms in total. The molecule has 0 aliphatic carbocycles. The topological polar surface area (TPSA) is 39.4 Å². The predicted molar refractivity (Wildman–Crippen MR) is 76.7 cm³/mol. The number of fused-ring (bicyclic) bond motifs is 1. The van der Waals surface area contributed by atoms with Gasteiger partial charge in [-0.25, -0.2) is 9.97 Å². The highest BCUT2D eigenvalue weighted by molar-refractivity contribution is 6.32. The Hall–Kier alpha value is -1.13. The van der Waals surface area contributed by atoms with Gasteiger partial charge in [0.05, 0.1) is 17.5 Å². The van der Waals surface area contributed by atoms with Crippen molar-refractivity contribution in [3.8, 4) is 0 Å². The maximum atomic E-state index is 6.12. The molecule has 2 rings (SSSR count). The van der Waals surface area contributed by atoms with E-state index in [1.54, 1.807) is 6.20 Å². The van der Waals surface area contributed by atoms with Gasteiger partial charge in [0.15, 0.2) is 10.8 Å². The molecule has 1 atom stereocenters. The van der Waals surface area contributed by atoms with Crippen molar-refractivity contribution in [2.45, 2.75) is 46.1 Å². The molecule has 19 heavy (non-hydrogen) atoms. The van der Waals surface area contributed by atoms with E-state index in [0.717, 1.165) is 36.3 Å². The van der Waals surface area contributed by atoms with Crippen molar-refractivity contribution in [1.82, 2.24) is 14.4 Å². The minimum atomic E-state index is 0.0680. The molecule has 0 amide bonds. The molecule has 0 aromatic carbocycles. The first-order valence-electron chi connectivity index (χ1n) is 6.85. The van der Waals surface area contributed by atoms with E-state index < -0.39 is 0 Å². The summed E-state index contributed by atoms with van der Waals surface area (Å²) in [4.78, 5) is 8.69. The molecule has 0 spiro atoms. The summed E-state index contributed by atoms with van der Waals surface area (Å²) in [6.45, 7) is 6.98. The van der Waals surface area contributed by atoms with Crippen LogP contribution in [0.5, 0.6) is 0 Å². The van der Waals surface area contributed by atoms with Crippen molar-refractivity contribution >= 4 is 17.2 Å². The van der Waals surface area contributed by atoms with Crippen LogP contribution < -0.4 is 0 Å². The Morgan fingerprint density at radius 1 is 1.37 bits per heavy atom. The van der Waals surface area contributed by atoms with Crippen LogP contribution in [0.3, 0.4) is 0 Å². The van der Waals surface area contributed by atoms with Gasteiger partial charge in [-0.2, -0.15) is 0 Å². The Balaban J connectivity index is 2.58. The average molecular weight is 282 g/mol. The minimum absolute atomic E-state index is 0.0680. The van der Waals surface area contributed by atoms with Crippen molar-refractivity contribution in [2.75, 3.05) is 6.61 Å². The third-order valence-electron chi connectivity index (χ3n) is 3.17. The summed E-state index contributed by atoms with van der Waals surface area (Å²) in [7, 11) is 0. The summed E-state index contributed by atoms with van der Waals surface area (Å²) >= 11 is 6.12. The van der Waals surface area contributed by atoms with Crippen LogP contribution in [0.25, 0.3) is 5.65 Å². The Morgan fingerprint density at radius 3 is 2.79 bits per heavy atom. The lowest BCUT2D eigenvalue weighted by atomic mass is 10.1. The number of imidazole rings is 1. The van der Waals surface area contributed by atoms with Crippen molar-refractivity contribution in [3.05, 3.63) is 28.9 Å². The maximum absolute atomic E-state index is 6.12. The van der Waals surface area contributed by atoms with Crippen LogP contribution in [0.4, 0.5) is 0 Å². The molecule has 2 heterocycles. The van der Waals surface area contributed by atoms with Gasteiger partial charge in [-0.15, -0.1) is 0 Å². The van der Waals surface area contributed by atoms with Gasteiger partial charge in [0.1, 0.15) is 0 Å². The van der Waals surface area contributed by atoms with Crippen LogP contribution in [-0.4, -0.2) is 21.0 Å². The van der Waals surface area contributed by atoms with Crippen molar-refractivity contribution < 1.29 is 4.74 Å². The zero-order valence-electron chi connectivity index (χ0n) is 11.7. The van der Waals surface area contributed by atoms with Gasteiger partial charge in [0.25, 0.3) is 0 Å². The molecule has 0 aliphatic rings. The Bertz CT molecular complexity index is 547. The van der Waals surface area contributed by atoms with E-state index >= 15 is 0 Å². The molecule has 0 aliphatic heterocycles. The van der Waals surface area contributed by atoms with E-state index in [9.17, 15) is 0 Å². The third kappa shape index (κ3) is 2.74. The van der Waals surface area contributed by atoms with Crippen LogP contribution in [0.2, 0.25) is 5.15 Å². The Kier molecular flexibility index (Phi) is 4.77. The molecular weight excluding hydrogens is 262 g/mol. The predicted octanol–water partition coefficient (Wildman–Crippen LogP) is 3.82. The summed E-state index contributed by atoms with van der Waals surface area (Å²) in [5.41, 5.74) is 2.88. The monoisotopic (exact) mass is 281 g/mol. The number of hydrogen-bond acceptors (Lipinski definition) is 3. The number of hydrogen-bond donors (Lipinski definition) is 0. The van der Waals surface area contributed by atoms with Crippen molar-refractivity contribution in [3.63, 3.8) is 0 Å². The fourth-order valence-electron chi connectivity index (χ4n) is 2.38. The van der Waals surface area contributed by atoms with Gasteiger partial charge < -0.3 is 4.74 Å². The average Bonchev–Trinajstić information content (AvgIpc) is 2.78. The van der Waals surface area contributed by atoms with E-state index in [-0.39, 0.29) is 6.10 Å². The van der Waals surface area contributed by atoms with Gasteiger partial charge in [0.2, 0.25) is 0 Å². The third-order valence-corrected chi connectivity index (χ3v) is 3.44. The van der Waals surface area contributed by atoms with Crippen molar-refractivity contribution in [2.24, 2.45) is 0 Å². The molecular formula is C14H20ClN3O. The molecule has 0 fully saturated rings. The lowest BCUT2D eigenvalue weighted by Crippen LogP contribution is -2.09.